The van der Waals surface area contributed by atoms with E-state index >= 15 is 0 Å². The average Bonchev–Trinajstić information content (AvgIpc) is 3.30. The van der Waals surface area contributed by atoms with Gasteiger partial charge in [-0.3, -0.25) is 0 Å². The maximum Gasteiger partial charge on any atom is 0.00388 e. The molecule has 3 atom stereocenters. The lowest BCUT2D eigenvalue weighted by Crippen LogP contribution is -2.29. The Morgan fingerprint density at radius 1 is 0.962 bits per heavy atom. The fourth-order valence-corrected chi connectivity index (χ4v) is 5.36. The van der Waals surface area contributed by atoms with Gasteiger partial charge in [-0.15, -0.1) is 24.8 Å². The first kappa shape index (κ1) is 22.0. The Morgan fingerprint density at radius 3 is 2.31 bits per heavy atom. The minimum absolute atomic E-state index is 0. The summed E-state index contributed by atoms with van der Waals surface area (Å²) in [6.45, 7) is 11.2. The highest BCUT2D eigenvalue weighted by molar-refractivity contribution is 5.85. The van der Waals surface area contributed by atoms with Crippen LogP contribution in [0.15, 0.2) is 24.3 Å². The van der Waals surface area contributed by atoms with Crippen LogP contribution in [0.1, 0.15) is 56.6 Å². The van der Waals surface area contributed by atoms with Gasteiger partial charge in [-0.25, -0.2) is 0 Å². The van der Waals surface area contributed by atoms with Crippen molar-refractivity contribution in [3.63, 3.8) is 0 Å². The second-order valence-electron chi connectivity index (χ2n) is 8.70. The third-order valence-corrected chi connectivity index (χ3v) is 6.94. The molecule has 0 amide bonds. The predicted molar refractivity (Wildman–Crippen MR) is 116 cm³/mol. The first-order valence-electron chi connectivity index (χ1n) is 10.3. The summed E-state index contributed by atoms with van der Waals surface area (Å²) in [5, 5.41) is 0. The van der Waals surface area contributed by atoms with Gasteiger partial charge in [0.1, 0.15) is 0 Å². The fourth-order valence-electron chi connectivity index (χ4n) is 5.36. The van der Waals surface area contributed by atoms with Crippen LogP contribution in [0.2, 0.25) is 0 Å². The number of likely N-dealkylation sites (tertiary alicyclic amines) is 2. The van der Waals surface area contributed by atoms with Crippen molar-refractivity contribution in [1.82, 2.24) is 9.80 Å². The van der Waals surface area contributed by atoms with E-state index in [1.807, 2.05) is 0 Å². The SMILES string of the molecule is CC(C)N1CC2CCC(c3ccc(CCN4CCCC4)cc3)C2C1.Cl.Cl. The molecular formula is C22H36Cl2N2. The van der Waals surface area contributed by atoms with Crippen molar-refractivity contribution in [2.45, 2.75) is 57.9 Å². The van der Waals surface area contributed by atoms with Crippen molar-refractivity contribution in [3.05, 3.63) is 35.4 Å². The van der Waals surface area contributed by atoms with Crippen LogP contribution < -0.4 is 0 Å². The zero-order valence-electron chi connectivity index (χ0n) is 16.4. The van der Waals surface area contributed by atoms with Gasteiger partial charge in [0.05, 0.1) is 0 Å². The first-order valence-corrected chi connectivity index (χ1v) is 10.3. The molecule has 148 valence electrons. The Kier molecular flexibility index (Phi) is 8.28. The van der Waals surface area contributed by atoms with Gasteiger partial charge < -0.3 is 9.80 Å². The highest BCUT2D eigenvalue weighted by Crippen LogP contribution is 2.47. The number of benzene rings is 1. The molecule has 1 aromatic rings. The normalized spacial score (nSPS) is 28.8. The molecular weight excluding hydrogens is 363 g/mol. The number of fused-ring (bicyclic) bond motifs is 1. The molecule has 1 aliphatic carbocycles. The van der Waals surface area contributed by atoms with Gasteiger partial charge in [-0.05, 0) is 87.9 Å². The fraction of sp³-hybridized carbons (Fsp3) is 0.727. The van der Waals surface area contributed by atoms with E-state index in [9.17, 15) is 0 Å². The summed E-state index contributed by atoms with van der Waals surface area (Å²) in [7, 11) is 0. The van der Waals surface area contributed by atoms with E-state index in [4.69, 9.17) is 0 Å². The lowest BCUT2D eigenvalue weighted by Gasteiger charge is -2.24. The van der Waals surface area contributed by atoms with Crippen molar-refractivity contribution in [3.8, 4) is 0 Å². The van der Waals surface area contributed by atoms with Gasteiger partial charge in [-0.2, -0.15) is 0 Å². The van der Waals surface area contributed by atoms with Crippen molar-refractivity contribution < 1.29 is 0 Å². The van der Waals surface area contributed by atoms with E-state index in [-0.39, 0.29) is 24.8 Å². The summed E-state index contributed by atoms with van der Waals surface area (Å²) in [6, 6.07) is 10.4. The zero-order chi connectivity index (χ0) is 16.5. The van der Waals surface area contributed by atoms with Gasteiger partial charge >= 0.3 is 0 Å². The van der Waals surface area contributed by atoms with Gasteiger partial charge in [0.15, 0.2) is 0 Å². The molecule has 0 radical (unpaired) electrons. The molecule has 3 aliphatic rings. The number of hydrogen-bond acceptors (Lipinski definition) is 2. The molecule has 1 aromatic carbocycles. The number of rotatable bonds is 5. The summed E-state index contributed by atoms with van der Waals surface area (Å²) < 4.78 is 0. The van der Waals surface area contributed by atoms with Crippen LogP contribution in [0.5, 0.6) is 0 Å². The summed E-state index contributed by atoms with van der Waals surface area (Å²) in [5.41, 5.74) is 3.13. The Balaban J connectivity index is 0.00000121. The van der Waals surface area contributed by atoms with Gasteiger partial charge in [0.25, 0.3) is 0 Å². The maximum absolute atomic E-state index is 2.70. The van der Waals surface area contributed by atoms with Crippen LogP contribution in [0, 0.1) is 11.8 Å². The number of halogens is 2. The Bertz CT molecular complexity index is 540. The molecule has 2 heterocycles. The standard InChI is InChI=1S/C22H34N2.2ClH/c1-17(2)24-15-20-9-10-21(22(20)16-24)19-7-5-18(6-8-19)11-14-23-12-3-4-13-23;;/h5-8,17,20-22H,3-4,9-16H2,1-2H3;2*1H. The molecule has 3 unspecified atom stereocenters. The largest absolute Gasteiger partial charge is 0.303 e. The Labute approximate surface area is 172 Å². The van der Waals surface area contributed by atoms with E-state index in [1.54, 1.807) is 5.56 Å². The van der Waals surface area contributed by atoms with Crippen molar-refractivity contribution >= 4 is 24.8 Å². The quantitative estimate of drug-likeness (QED) is 0.687. The Hall–Kier alpha value is -0.280. The molecule has 2 saturated heterocycles. The molecule has 0 spiro atoms. The minimum atomic E-state index is 0. The van der Waals surface area contributed by atoms with Crippen molar-refractivity contribution in [2.24, 2.45) is 11.8 Å². The monoisotopic (exact) mass is 398 g/mol. The molecule has 0 N–H and O–H groups in total. The summed E-state index contributed by atoms with van der Waals surface area (Å²) in [6.07, 6.45) is 6.87. The van der Waals surface area contributed by atoms with Crippen molar-refractivity contribution in [1.29, 1.82) is 0 Å². The molecule has 0 aromatic heterocycles. The molecule has 1 saturated carbocycles. The molecule has 0 bridgehead atoms. The minimum Gasteiger partial charge on any atom is -0.303 e. The van der Waals surface area contributed by atoms with Crippen molar-refractivity contribution in [2.75, 3.05) is 32.7 Å². The predicted octanol–water partition coefficient (Wildman–Crippen LogP) is 5.00. The Morgan fingerprint density at radius 2 is 1.65 bits per heavy atom. The topological polar surface area (TPSA) is 6.48 Å². The van der Waals surface area contributed by atoms with Crippen LogP contribution in [0.25, 0.3) is 0 Å². The molecule has 4 heteroatoms. The molecule has 26 heavy (non-hydrogen) atoms. The number of nitrogens with zero attached hydrogens (tertiary/aromatic N) is 2. The molecule has 3 fully saturated rings. The smallest absolute Gasteiger partial charge is 0.00388 e. The summed E-state index contributed by atoms with van der Waals surface area (Å²) >= 11 is 0. The molecule has 4 rings (SSSR count). The second kappa shape index (κ2) is 9.78. The summed E-state index contributed by atoms with van der Waals surface area (Å²) in [4.78, 5) is 5.32. The highest BCUT2D eigenvalue weighted by atomic mass is 35.5. The third kappa shape index (κ3) is 4.76. The van der Waals surface area contributed by atoms with Crippen LogP contribution in [-0.4, -0.2) is 48.6 Å². The molecule has 2 aliphatic heterocycles. The third-order valence-electron chi connectivity index (χ3n) is 6.94. The number of hydrogen-bond donors (Lipinski definition) is 0. The average molecular weight is 399 g/mol. The van der Waals surface area contributed by atoms with Crippen LogP contribution in [-0.2, 0) is 6.42 Å². The first-order chi connectivity index (χ1) is 11.7. The van der Waals surface area contributed by atoms with E-state index in [0.29, 0.717) is 6.04 Å². The van der Waals surface area contributed by atoms with Gasteiger partial charge in [0.2, 0.25) is 0 Å². The second-order valence-corrected chi connectivity index (χ2v) is 8.70. The van der Waals surface area contributed by atoms with Crippen LogP contribution in [0.4, 0.5) is 0 Å². The maximum atomic E-state index is 2.70. The lowest BCUT2D eigenvalue weighted by molar-refractivity contribution is 0.251. The van der Waals surface area contributed by atoms with Gasteiger partial charge in [0, 0.05) is 25.7 Å². The van der Waals surface area contributed by atoms with E-state index in [2.05, 4.69) is 47.9 Å². The van der Waals surface area contributed by atoms with E-state index in [1.165, 1.54) is 70.4 Å². The highest BCUT2D eigenvalue weighted by Gasteiger charge is 2.43. The summed E-state index contributed by atoms with van der Waals surface area (Å²) in [5.74, 6) is 2.67. The molecule has 2 nitrogen and oxygen atoms in total. The van der Waals surface area contributed by atoms with E-state index in [0.717, 1.165) is 17.8 Å². The van der Waals surface area contributed by atoms with E-state index < -0.39 is 0 Å². The van der Waals surface area contributed by atoms with Crippen LogP contribution >= 0.6 is 24.8 Å². The lowest BCUT2D eigenvalue weighted by atomic mass is 9.86. The van der Waals surface area contributed by atoms with Gasteiger partial charge in [-0.1, -0.05) is 24.3 Å². The van der Waals surface area contributed by atoms with Crippen LogP contribution in [0.3, 0.4) is 0 Å². The zero-order valence-corrected chi connectivity index (χ0v) is 18.0.